The van der Waals surface area contributed by atoms with Gasteiger partial charge in [-0.25, -0.2) is 0 Å². The molecule has 1 nitrogen and oxygen atoms in total. The van der Waals surface area contributed by atoms with Gasteiger partial charge in [-0.1, -0.05) is 43.3 Å². The van der Waals surface area contributed by atoms with E-state index in [-0.39, 0.29) is 0 Å². The van der Waals surface area contributed by atoms with Gasteiger partial charge in [-0.3, -0.25) is 0 Å². The minimum Gasteiger partial charge on any atom is -0.379 e. The van der Waals surface area contributed by atoms with Crippen LogP contribution < -0.4 is 0 Å². The molecule has 0 spiro atoms. The highest BCUT2D eigenvalue weighted by atomic mass is 35.5. The number of benzene rings is 1. The largest absolute Gasteiger partial charge is 0.379 e. The number of hydrogen-bond donors (Lipinski definition) is 1. The fourth-order valence-corrected chi connectivity index (χ4v) is 4.47. The Morgan fingerprint density at radius 1 is 1.16 bits per heavy atom. The number of halogens is 2. The first-order chi connectivity index (χ1) is 8.92. The number of alkyl halides is 2. The minimum absolute atomic E-state index is 0.574. The molecule has 1 heterocycles. The number of hydrogen-bond acceptors (Lipinski definition) is 2. The van der Waals surface area contributed by atoms with Crippen molar-refractivity contribution < 1.29 is 5.11 Å². The van der Waals surface area contributed by atoms with E-state index in [0.29, 0.717) is 6.42 Å². The van der Waals surface area contributed by atoms with Gasteiger partial charge in [-0.05, 0) is 23.4 Å². The summed E-state index contributed by atoms with van der Waals surface area (Å²) in [6, 6.07) is 13.5. The molecule has 3 rings (SSSR count). The summed E-state index contributed by atoms with van der Waals surface area (Å²) in [6.45, 7) is 1.94. The third kappa shape index (κ3) is 1.78. The fourth-order valence-electron chi connectivity index (χ4n) is 2.69. The molecule has 1 aromatic carbocycles. The average molecular weight is 313 g/mol. The maximum atomic E-state index is 11.4. The summed E-state index contributed by atoms with van der Waals surface area (Å²) in [5.74, 6) is 0. The molecular weight excluding hydrogens is 299 g/mol. The molecule has 0 aliphatic heterocycles. The van der Waals surface area contributed by atoms with E-state index in [1.807, 2.05) is 54.8 Å². The molecule has 0 saturated heterocycles. The Labute approximate surface area is 126 Å². The van der Waals surface area contributed by atoms with E-state index in [2.05, 4.69) is 0 Å². The normalized spacial score (nSPS) is 27.8. The summed E-state index contributed by atoms with van der Waals surface area (Å²) in [5, 5.41) is 13.4. The molecular formula is C15H14Cl2OS. The van der Waals surface area contributed by atoms with Crippen LogP contribution in [0.4, 0.5) is 0 Å². The molecule has 0 amide bonds. The zero-order valence-corrected chi connectivity index (χ0v) is 12.8. The van der Waals surface area contributed by atoms with Gasteiger partial charge in [0.1, 0.15) is 9.93 Å². The maximum absolute atomic E-state index is 11.4. The van der Waals surface area contributed by atoms with Crippen LogP contribution in [0.3, 0.4) is 0 Å². The Kier molecular flexibility index (Phi) is 2.99. The summed E-state index contributed by atoms with van der Waals surface area (Å²) in [6.07, 6.45) is 0.576. The lowest BCUT2D eigenvalue weighted by molar-refractivity contribution is 0.0119. The molecule has 0 unspecified atom stereocenters. The van der Waals surface area contributed by atoms with Crippen LogP contribution in [0, 0.1) is 5.41 Å². The quantitative estimate of drug-likeness (QED) is 0.823. The van der Waals surface area contributed by atoms with E-state index >= 15 is 0 Å². The third-order valence-electron chi connectivity index (χ3n) is 4.13. The second kappa shape index (κ2) is 4.23. The van der Waals surface area contributed by atoms with Gasteiger partial charge in [0.25, 0.3) is 0 Å². The van der Waals surface area contributed by atoms with Crippen molar-refractivity contribution in [2.45, 2.75) is 23.3 Å². The summed E-state index contributed by atoms with van der Waals surface area (Å²) in [5.41, 5.74) is -0.885. The van der Waals surface area contributed by atoms with Crippen LogP contribution in [-0.2, 0) is 5.60 Å². The molecule has 1 aliphatic rings. The molecule has 1 saturated carbocycles. The Balaban J connectivity index is 2.19. The minimum atomic E-state index is -1.15. The zero-order chi connectivity index (χ0) is 13.7. The van der Waals surface area contributed by atoms with Crippen molar-refractivity contribution in [3.63, 3.8) is 0 Å². The van der Waals surface area contributed by atoms with Crippen molar-refractivity contribution in [3.8, 4) is 0 Å². The van der Waals surface area contributed by atoms with Gasteiger partial charge in [0.05, 0.1) is 0 Å². The average Bonchev–Trinajstić information content (AvgIpc) is 2.81. The van der Waals surface area contributed by atoms with E-state index in [1.165, 1.54) is 11.3 Å². The summed E-state index contributed by atoms with van der Waals surface area (Å²) >= 11 is 14.1. The number of aliphatic hydroxyl groups is 1. The van der Waals surface area contributed by atoms with Crippen LogP contribution in [0.1, 0.15) is 23.8 Å². The van der Waals surface area contributed by atoms with Crippen molar-refractivity contribution in [1.29, 1.82) is 0 Å². The molecule has 0 radical (unpaired) electrons. The fraction of sp³-hybridized carbons (Fsp3) is 0.333. The van der Waals surface area contributed by atoms with Gasteiger partial charge in [0.15, 0.2) is 0 Å². The molecule has 2 aromatic rings. The molecule has 100 valence electrons. The highest BCUT2D eigenvalue weighted by molar-refractivity contribution is 7.10. The SMILES string of the molecule is C[C@@]1([C@@](O)(c2ccccc2)c2cccs2)CC1(Cl)Cl. The van der Waals surface area contributed by atoms with Gasteiger partial charge >= 0.3 is 0 Å². The van der Waals surface area contributed by atoms with Crippen LogP contribution in [0.25, 0.3) is 0 Å². The van der Waals surface area contributed by atoms with Gasteiger partial charge in [0, 0.05) is 10.3 Å². The van der Waals surface area contributed by atoms with Crippen molar-refractivity contribution in [2.24, 2.45) is 5.41 Å². The first kappa shape index (κ1) is 13.4. The predicted octanol–water partition coefficient (Wildman–Crippen LogP) is 4.57. The molecule has 1 N–H and O–H groups in total. The summed E-state index contributed by atoms with van der Waals surface area (Å²) in [4.78, 5) is 0.879. The van der Waals surface area contributed by atoms with Gasteiger partial charge in [-0.2, -0.15) is 0 Å². The molecule has 1 aliphatic carbocycles. The standard InChI is InChI=1S/C15H14Cl2OS/c1-13(10-14(13,16)17)15(18,12-8-5-9-19-12)11-6-3-2-4-7-11/h2-9,18H,10H2,1H3/t13-,15-/m1/s1. The lowest BCUT2D eigenvalue weighted by Gasteiger charge is -2.35. The Hall–Kier alpha value is -0.540. The van der Waals surface area contributed by atoms with E-state index in [0.717, 1.165) is 10.4 Å². The van der Waals surface area contributed by atoms with Crippen LogP contribution in [-0.4, -0.2) is 9.44 Å². The van der Waals surface area contributed by atoms with E-state index in [9.17, 15) is 5.11 Å². The van der Waals surface area contributed by atoms with Crippen molar-refractivity contribution >= 4 is 34.5 Å². The first-order valence-electron chi connectivity index (χ1n) is 6.11. The van der Waals surface area contributed by atoms with E-state index < -0.39 is 15.3 Å². The van der Waals surface area contributed by atoms with Gasteiger partial charge in [-0.15, -0.1) is 34.5 Å². The van der Waals surface area contributed by atoms with Gasteiger partial charge in [0.2, 0.25) is 0 Å². The molecule has 1 aromatic heterocycles. The van der Waals surface area contributed by atoms with Crippen molar-refractivity contribution in [3.05, 3.63) is 58.3 Å². The lowest BCUT2D eigenvalue weighted by Crippen LogP contribution is -2.38. The molecule has 0 bridgehead atoms. The smallest absolute Gasteiger partial charge is 0.132 e. The number of thiophene rings is 1. The molecule has 2 atom stereocenters. The van der Waals surface area contributed by atoms with Crippen LogP contribution in [0.5, 0.6) is 0 Å². The Bertz CT molecular complexity index is 581. The van der Waals surface area contributed by atoms with Crippen LogP contribution in [0.2, 0.25) is 0 Å². The number of rotatable bonds is 3. The Morgan fingerprint density at radius 2 is 1.79 bits per heavy atom. The second-order valence-corrected chi connectivity index (χ2v) is 7.70. The first-order valence-corrected chi connectivity index (χ1v) is 7.75. The molecule has 19 heavy (non-hydrogen) atoms. The zero-order valence-electron chi connectivity index (χ0n) is 10.4. The van der Waals surface area contributed by atoms with Gasteiger partial charge < -0.3 is 5.11 Å². The topological polar surface area (TPSA) is 20.2 Å². The van der Waals surface area contributed by atoms with E-state index in [1.54, 1.807) is 0 Å². The highest BCUT2D eigenvalue weighted by Crippen LogP contribution is 2.72. The monoisotopic (exact) mass is 312 g/mol. The van der Waals surface area contributed by atoms with Crippen molar-refractivity contribution in [2.75, 3.05) is 0 Å². The summed E-state index contributed by atoms with van der Waals surface area (Å²) in [7, 11) is 0. The lowest BCUT2D eigenvalue weighted by atomic mass is 9.78. The highest BCUT2D eigenvalue weighted by Gasteiger charge is 2.73. The van der Waals surface area contributed by atoms with Crippen molar-refractivity contribution in [1.82, 2.24) is 0 Å². The second-order valence-electron chi connectivity index (χ2n) is 5.27. The van der Waals surface area contributed by atoms with E-state index in [4.69, 9.17) is 23.2 Å². The third-order valence-corrected chi connectivity index (χ3v) is 6.21. The maximum Gasteiger partial charge on any atom is 0.132 e. The predicted molar refractivity (Wildman–Crippen MR) is 80.9 cm³/mol. The Morgan fingerprint density at radius 3 is 2.26 bits per heavy atom. The molecule has 4 heteroatoms. The van der Waals surface area contributed by atoms with Crippen LogP contribution >= 0.6 is 34.5 Å². The molecule has 1 fully saturated rings. The summed E-state index contributed by atoms with van der Waals surface area (Å²) < 4.78 is -0.887. The van der Waals surface area contributed by atoms with Crippen LogP contribution in [0.15, 0.2) is 47.8 Å².